The van der Waals surface area contributed by atoms with Crippen LogP contribution >= 0.6 is 27.3 Å². The zero-order valence-corrected chi connectivity index (χ0v) is 14.1. The summed E-state index contributed by atoms with van der Waals surface area (Å²) >= 11 is 5.22. The van der Waals surface area contributed by atoms with Crippen molar-refractivity contribution in [1.29, 1.82) is 0 Å². The van der Waals surface area contributed by atoms with E-state index in [-0.39, 0.29) is 0 Å². The Hall–Kier alpha value is -0.820. The van der Waals surface area contributed by atoms with E-state index in [9.17, 15) is 0 Å². The number of rotatable bonds is 7. The molecule has 4 nitrogen and oxygen atoms in total. The predicted molar refractivity (Wildman–Crippen MR) is 86.2 cm³/mol. The van der Waals surface area contributed by atoms with E-state index in [0.717, 1.165) is 46.2 Å². The van der Waals surface area contributed by atoms with Crippen LogP contribution in [0.5, 0.6) is 0 Å². The van der Waals surface area contributed by atoms with Gasteiger partial charge in [-0.2, -0.15) is 0 Å². The maximum absolute atomic E-state index is 4.99. The number of aryl methyl sites for hydroxylation is 1. The minimum Gasteiger partial charge on any atom is -0.383 e. The maximum Gasteiger partial charge on any atom is 0.148 e. The number of aromatic nitrogens is 2. The van der Waals surface area contributed by atoms with E-state index in [4.69, 9.17) is 4.74 Å². The third-order valence-electron chi connectivity index (χ3n) is 2.82. The Labute approximate surface area is 131 Å². The molecule has 6 heteroatoms. The monoisotopic (exact) mass is 355 g/mol. The average molecular weight is 356 g/mol. The smallest absolute Gasteiger partial charge is 0.148 e. The van der Waals surface area contributed by atoms with E-state index >= 15 is 0 Å². The van der Waals surface area contributed by atoms with Crippen LogP contribution in [0.25, 0.3) is 10.6 Å². The molecule has 1 heterocycles. The van der Waals surface area contributed by atoms with Crippen LogP contribution < -0.4 is 5.32 Å². The van der Waals surface area contributed by atoms with Gasteiger partial charge in [0.1, 0.15) is 10.0 Å². The molecule has 1 aromatic heterocycles. The van der Waals surface area contributed by atoms with Crippen molar-refractivity contribution in [3.05, 3.63) is 33.2 Å². The van der Waals surface area contributed by atoms with E-state index in [1.807, 2.05) is 0 Å². The molecule has 2 rings (SSSR count). The quantitative estimate of drug-likeness (QED) is 0.775. The molecule has 1 N–H and O–H groups in total. The van der Waals surface area contributed by atoms with Gasteiger partial charge in [-0.25, -0.2) is 0 Å². The fourth-order valence-corrected chi connectivity index (χ4v) is 3.20. The van der Waals surface area contributed by atoms with Crippen molar-refractivity contribution in [2.45, 2.75) is 13.3 Å². The first-order valence-corrected chi connectivity index (χ1v) is 8.10. The molecular formula is C14H18BrN3OS. The van der Waals surface area contributed by atoms with Crippen LogP contribution in [-0.2, 0) is 11.2 Å². The molecule has 0 aliphatic rings. The Morgan fingerprint density at radius 3 is 2.95 bits per heavy atom. The fourth-order valence-electron chi connectivity index (χ4n) is 1.76. The second kappa shape index (κ2) is 7.83. The van der Waals surface area contributed by atoms with Crippen LogP contribution in [0.4, 0.5) is 0 Å². The van der Waals surface area contributed by atoms with Gasteiger partial charge in [0.2, 0.25) is 0 Å². The van der Waals surface area contributed by atoms with Crippen molar-refractivity contribution in [3.8, 4) is 10.6 Å². The van der Waals surface area contributed by atoms with Crippen LogP contribution in [0, 0.1) is 6.92 Å². The molecule has 1 aromatic carbocycles. The van der Waals surface area contributed by atoms with E-state index in [0.29, 0.717) is 0 Å². The van der Waals surface area contributed by atoms with Gasteiger partial charge in [0.05, 0.1) is 6.61 Å². The normalized spacial score (nSPS) is 10.9. The summed E-state index contributed by atoms with van der Waals surface area (Å²) in [5.74, 6) is 0. The summed E-state index contributed by atoms with van der Waals surface area (Å²) in [5, 5.41) is 13.9. The molecule has 0 radical (unpaired) electrons. The van der Waals surface area contributed by atoms with Gasteiger partial charge in [0.15, 0.2) is 0 Å². The van der Waals surface area contributed by atoms with Crippen molar-refractivity contribution in [3.63, 3.8) is 0 Å². The van der Waals surface area contributed by atoms with Crippen molar-refractivity contribution in [2.75, 3.05) is 26.8 Å². The van der Waals surface area contributed by atoms with E-state index in [1.54, 1.807) is 18.4 Å². The van der Waals surface area contributed by atoms with Gasteiger partial charge in [-0.1, -0.05) is 38.9 Å². The molecule has 0 atom stereocenters. The number of hydrogen-bond donors (Lipinski definition) is 1. The molecule has 108 valence electrons. The number of hydrogen-bond acceptors (Lipinski definition) is 5. The van der Waals surface area contributed by atoms with Gasteiger partial charge in [0, 0.05) is 36.7 Å². The largest absolute Gasteiger partial charge is 0.383 e. The third-order valence-corrected chi connectivity index (χ3v) is 4.53. The van der Waals surface area contributed by atoms with Gasteiger partial charge < -0.3 is 10.1 Å². The molecule has 0 aliphatic carbocycles. The summed E-state index contributed by atoms with van der Waals surface area (Å²) in [7, 11) is 1.71. The zero-order valence-electron chi connectivity index (χ0n) is 11.6. The highest BCUT2D eigenvalue weighted by atomic mass is 79.9. The topological polar surface area (TPSA) is 47.0 Å². The first-order chi connectivity index (χ1) is 9.70. The number of ether oxygens (including phenoxy) is 1. The van der Waals surface area contributed by atoms with Gasteiger partial charge in [-0.3, -0.25) is 0 Å². The molecule has 0 spiro atoms. The molecule has 20 heavy (non-hydrogen) atoms. The Morgan fingerprint density at radius 2 is 2.15 bits per heavy atom. The number of methoxy groups -OCH3 is 1. The van der Waals surface area contributed by atoms with E-state index in [1.165, 1.54) is 5.56 Å². The maximum atomic E-state index is 4.99. The van der Waals surface area contributed by atoms with Crippen molar-refractivity contribution >= 4 is 27.3 Å². The van der Waals surface area contributed by atoms with Gasteiger partial charge in [-0.15, -0.1) is 10.2 Å². The van der Waals surface area contributed by atoms with Crippen LogP contribution in [0.15, 0.2) is 22.7 Å². The summed E-state index contributed by atoms with van der Waals surface area (Å²) in [4.78, 5) is 0. The highest BCUT2D eigenvalue weighted by Gasteiger charge is 2.10. The van der Waals surface area contributed by atoms with E-state index in [2.05, 4.69) is 56.6 Å². The summed E-state index contributed by atoms with van der Waals surface area (Å²) in [6.45, 7) is 4.58. The lowest BCUT2D eigenvalue weighted by Crippen LogP contribution is -2.21. The number of halogens is 1. The molecule has 0 amide bonds. The lowest BCUT2D eigenvalue weighted by Gasteiger charge is -2.01. The highest BCUT2D eigenvalue weighted by Crippen LogP contribution is 2.31. The van der Waals surface area contributed by atoms with Crippen molar-refractivity contribution in [2.24, 2.45) is 0 Å². The fraction of sp³-hybridized carbons (Fsp3) is 0.429. The lowest BCUT2D eigenvalue weighted by atomic mass is 10.1. The molecule has 0 saturated heterocycles. The first kappa shape index (κ1) is 15.6. The third kappa shape index (κ3) is 4.34. The number of nitrogens with zero attached hydrogens (tertiary/aromatic N) is 2. The summed E-state index contributed by atoms with van der Waals surface area (Å²) in [6.07, 6.45) is 0.894. The molecule has 0 bridgehead atoms. The van der Waals surface area contributed by atoms with Crippen molar-refractivity contribution < 1.29 is 4.74 Å². The molecule has 0 saturated carbocycles. The van der Waals surface area contributed by atoms with E-state index < -0.39 is 0 Å². The average Bonchev–Trinajstić information content (AvgIpc) is 2.90. The highest BCUT2D eigenvalue weighted by molar-refractivity contribution is 9.10. The minimum absolute atomic E-state index is 0.734. The Kier molecular flexibility index (Phi) is 6.09. The van der Waals surface area contributed by atoms with Crippen LogP contribution in [-0.4, -0.2) is 37.0 Å². The zero-order chi connectivity index (χ0) is 14.4. The van der Waals surface area contributed by atoms with Gasteiger partial charge in [0.25, 0.3) is 0 Å². The molecular weight excluding hydrogens is 338 g/mol. The minimum atomic E-state index is 0.734. The molecule has 0 fully saturated rings. The summed E-state index contributed by atoms with van der Waals surface area (Å²) in [5.41, 5.74) is 2.34. The SMILES string of the molecule is COCCNCCc1nnc(-c2cc(C)ccc2Br)s1. The second-order valence-electron chi connectivity index (χ2n) is 4.48. The molecule has 2 aromatic rings. The number of benzene rings is 1. The van der Waals surface area contributed by atoms with Gasteiger partial charge in [-0.05, 0) is 19.1 Å². The lowest BCUT2D eigenvalue weighted by molar-refractivity contribution is 0.199. The van der Waals surface area contributed by atoms with Crippen LogP contribution in [0.1, 0.15) is 10.6 Å². The van der Waals surface area contributed by atoms with Crippen molar-refractivity contribution in [1.82, 2.24) is 15.5 Å². The van der Waals surface area contributed by atoms with Crippen LogP contribution in [0.2, 0.25) is 0 Å². The molecule has 0 unspecified atom stereocenters. The first-order valence-electron chi connectivity index (χ1n) is 6.49. The summed E-state index contributed by atoms with van der Waals surface area (Å²) < 4.78 is 6.05. The molecule has 0 aliphatic heterocycles. The predicted octanol–water partition coefficient (Wildman–Crippen LogP) is 3.05. The Bertz CT molecular complexity index is 559. The Morgan fingerprint density at radius 1 is 1.30 bits per heavy atom. The standard InChI is InChI=1S/C14H18BrN3OS/c1-10-3-4-12(15)11(9-10)14-18-17-13(20-14)5-6-16-7-8-19-2/h3-4,9,16H,5-8H2,1-2H3. The second-order valence-corrected chi connectivity index (χ2v) is 6.39. The Balaban J connectivity index is 1.96. The van der Waals surface area contributed by atoms with Crippen LogP contribution in [0.3, 0.4) is 0 Å². The number of nitrogens with one attached hydrogen (secondary N) is 1. The summed E-state index contributed by atoms with van der Waals surface area (Å²) in [6, 6.07) is 6.26. The van der Waals surface area contributed by atoms with Gasteiger partial charge >= 0.3 is 0 Å².